The second kappa shape index (κ2) is 32.6. The molecule has 97 heavy (non-hydrogen) atoms. The number of methoxy groups -OCH3 is 8. The van der Waals surface area contributed by atoms with Gasteiger partial charge in [-0.3, -0.25) is 0 Å². The minimum absolute atomic E-state index is 0.307. The third-order valence-electron chi connectivity index (χ3n) is 17.9. The van der Waals surface area contributed by atoms with Crippen LogP contribution >= 0.6 is 0 Å². The van der Waals surface area contributed by atoms with Crippen LogP contribution in [0.2, 0.25) is 0 Å². The topological polar surface area (TPSA) is 108 Å². The van der Waals surface area contributed by atoms with Gasteiger partial charge in [-0.1, -0.05) is 147 Å². The predicted octanol–water partition coefficient (Wildman–Crippen LogP) is 19.0. The van der Waals surface area contributed by atoms with Crippen molar-refractivity contribution in [2.24, 2.45) is 0 Å². The lowest BCUT2D eigenvalue weighted by atomic mass is 9.89. The fourth-order valence-corrected chi connectivity index (χ4v) is 12.9. The van der Waals surface area contributed by atoms with Crippen LogP contribution in [0.3, 0.4) is 0 Å². The molecule has 21 rings (SSSR count). The highest BCUT2D eigenvalue weighted by atomic mass is 16.5. The number of fused-ring (bicyclic) bond motifs is 4. The van der Waals surface area contributed by atoms with Crippen LogP contribution in [0, 0.1) is 23.7 Å². The summed E-state index contributed by atoms with van der Waals surface area (Å²) in [5.41, 5.74) is 12.9. The second-order valence-electron chi connectivity index (χ2n) is 24.5. The van der Waals surface area contributed by atoms with Gasteiger partial charge in [-0.05, 0) is 154 Å². The number of carbonyl (C=O) groups is 2. The first-order valence-corrected chi connectivity index (χ1v) is 33.2. The summed E-state index contributed by atoms with van der Waals surface area (Å²) in [6.07, 6.45) is 8.16. The number of Topliss-reactive ketones (excluding diaryl/α,β-unsaturated/α-hetero) is 2. The number of benzene rings is 11. The Hall–Kier alpha value is -10.7. The molecule has 0 saturated carbocycles. The zero-order valence-electron chi connectivity index (χ0n) is 58.0. The van der Waals surface area contributed by atoms with E-state index in [2.05, 4.69) is 183 Å². The maximum Gasteiger partial charge on any atom is 0.129 e. The van der Waals surface area contributed by atoms with Gasteiger partial charge < -0.3 is 47.5 Å². The van der Waals surface area contributed by atoms with E-state index in [1.165, 1.54) is 0 Å². The third kappa shape index (κ3) is 16.2. The van der Waals surface area contributed by atoms with Gasteiger partial charge in [-0.25, -0.2) is 0 Å². The van der Waals surface area contributed by atoms with Gasteiger partial charge in [0.15, 0.2) is 0 Å². The summed E-state index contributed by atoms with van der Waals surface area (Å²) >= 11 is 0. The molecule has 0 atom stereocenters. The highest BCUT2D eigenvalue weighted by Crippen LogP contribution is 2.42. The molecule has 10 heteroatoms. The number of ketones is 2. The molecule has 10 aliphatic rings. The fourth-order valence-electron chi connectivity index (χ4n) is 12.9. The molecule has 0 aromatic heterocycles. The van der Waals surface area contributed by atoms with E-state index in [1.54, 1.807) is 70.7 Å². The lowest BCUT2D eigenvalue weighted by Gasteiger charge is -2.20. The summed E-state index contributed by atoms with van der Waals surface area (Å²) in [7, 11) is 13.6. The Balaban J connectivity index is 0.000000660. The summed E-state index contributed by atoms with van der Waals surface area (Å²) in [5, 5.41) is 8.83. The second-order valence-corrected chi connectivity index (χ2v) is 24.5. The van der Waals surface area contributed by atoms with Gasteiger partial charge in [-0.2, -0.15) is 0 Å². The maximum atomic E-state index is 10.2. The predicted molar refractivity (Wildman–Crippen MR) is 394 cm³/mol. The van der Waals surface area contributed by atoms with E-state index in [0.717, 1.165) is 160 Å². The monoisotopic (exact) mass is 1290 g/mol. The van der Waals surface area contributed by atoms with Crippen molar-refractivity contribution in [3.05, 3.63) is 248 Å². The SMILES string of the molecule is CCCCC(C)=O.CCCCC(C)=O.COc1cc2c(OC)cc1Cc1cc(C#Cc3c4ccccc4cc4ccccc34)c(cc1C#Cc1c3ccccc3cc3ccccc13)Cc1cc(OC)c(cc1OC)Cc1cc(OC)c(cc1OC)Cc1cc(OC)c(cc1OC)C2. The molecule has 11 aromatic rings. The van der Waals surface area contributed by atoms with E-state index in [9.17, 15) is 9.59 Å². The van der Waals surface area contributed by atoms with Gasteiger partial charge in [-0.15, -0.1) is 0 Å². The molecule has 0 N–H and O–H groups in total. The Kier molecular flexibility index (Phi) is 23.3. The molecule has 0 spiro atoms. The lowest BCUT2D eigenvalue weighted by molar-refractivity contribution is -0.117. The highest BCUT2D eigenvalue weighted by Gasteiger charge is 2.23. The van der Waals surface area contributed by atoms with Gasteiger partial charge in [0.2, 0.25) is 0 Å². The molecule has 10 aliphatic carbocycles. The van der Waals surface area contributed by atoms with E-state index in [0.29, 0.717) is 89.7 Å². The van der Waals surface area contributed by atoms with E-state index in [-0.39, 0.29) is 0 Å². The van der Waals surface area contributed by atoms with Crippen LogP contribution in [0.25, 0.3) is 43.1 Å². The average molecular weight is 1290 g/mol. The Morgan fingerprint density at radius 3 is 0.711 bits per heavy atom. The van der Waals surface area contributed by atoms with Crippen LogP contribution in [0.1, 0.15) is 144 Å². The standard InChI is InChI=1S/C75H62O8.2C6H12O/c1-76-68-40-56-35-58-42-74(82-7)60(44-72(58)80-5)37-61-45-73(81-6)59(43-75(61)83-8)36-57-41-69(77-2)55(39-71(57)79-4)34-53-30-46(25-27-66-62-21-13-9-17-48(62)31-49-18-10-14-22-63(49)66)52(33-54(68)38-70(56)78-3)29-47(53)26-28-67-64-23-15-11-19-50(64)32-51-20-12-16-24-65(51)67;2*1-3-4-5-6(2)7/h9-24,29-32,38-45H,33-37H2,1-8H3;2*3-5H2,1-2H3. The van der Waals surface area contributed by atoms with Crippen molar-refractivity contribution in [1.82, 2.24) is 0 Å². The number of unbranched alkanes of at least 4 members (excludes halogenated alkanes) is 2. The first kappa shape index (κ1) is 69.2. The van der Waals surface area contributed by atoms with Crippen molar-refractivity contribution in [2.45, 2.75) is 98.3 Å². The van der Waals surface area contributed by atoms with Crippen LogP contribution in [0.15, 0.2) is 170 Å². The Morgan fingerprint density at radius 2 is 0.515 bits per heavy atom. The Morgan fingerprint density at radius 1 is 0.299 bits per heavy atom. The molecule has 0 aliphatic heterocycles. The van der Waals surface area contributed by atoms with Crippen LogP contribution in [0.4, 0.5) is 0 Å². The first-order valence-electron chi connectivity index (χ1n) is 33.2. The molecule has 0 radical (unpaired) electrons. The number of ether oxygens (including phenoxy) is 8. The molecule has 10 nitrogen and oxygen atoms in total. The first-order chi connectivity index (χ1) is 47.2. The summed E-state index contributed by atoms with van der Waals surface area (Å²) < 4.78 is 49.9. The zero-order valence-corrected chi connectivity index (χ0v) is 58.0. The normalized spacial score (nSPS) is 11.5. The lowest BCUT2D eigenvalue weighted by Crippen LogP contribution is -2.05. The van der Waals surface area contributed by atoms with E-state index >= 15 is 0 Å². The molecule has 0 unspecified atom stereocenters. The quantitative estimate of drug-likeness (QED) is 0.0771. The largest absolute Gasteiger partial charge is 0.496 e. The molecule has 494 valence electrons. The Bertz CT molecular complexity index is 4430. The van der Waals surface area contributed by atoms with Crippen LogP contribution < -0.4 is 37.9 Å². The van der Waals surface area contributed by atoms with Gasteiger partial charge in [0.1, 0.15) is 57.6 Å². The molecule has 0 saturated heterocycles. The van der Waals surface area contributed by atoms with E-state index in [4.69, 9.17) is 37.9 Å². The van der Waals surface area contributed by atoms with Gasteiger partial charge in [0.25, 0.3) is 0 Å². The number of carbonyl (C=O) groups excluding carboxylic acids is 2. The summed E-state index contributed by atoms with van der Waals surface area (Å²) in [6, 6.07) is 59.3. The molecular formula is C87H86O10. The molecule has 0 heterocycles. The third-order valence-corrected chi connectivity index (χ3v) is 17.9. The minimum atomic E-state index is 0.307. The number of hydrogen-bond donors (Lipinski definition) is 0. The van der Waals surface area contributed by atoms with Crippen LogP contribution in [0.5, 0.6) is 46.0 Å². The summed E-state index contributed by atoms with van der Waals surface area (Å²) in [5.74, 6) is 21.3. The van der Waals surface area contributed by atoms with Gasteiger partial charge >= 0.3 is 0 Å². The molecule has 0 amide bonds. The number of rotatable bonds is 14. The van der Waals surface area contributed by atoms with Gasteiger partial charge in [0.05, 0.1) is 56.9 Å². The van der Waals surface area contributed by atoms with Gasteiger partial charge in [0, 0.05) is 112 Å². The van der Waals surface area contributed by atoms with Crippen LogP contribution in [-0.4, -0.2) is 68.4 Å². The summed E-state index contributed by atoms with van der Waals surface area (Å²) in [6.45, 7) is 7.44. The fraction of sp³-hybridized carbons (Fsp3) is 0.264. The van der Waals surface area contributed by atoms with Crippen molar-refractivity contribution in [1.29, 1.82) is 0 Å². The molecule has 0 fully saturated rings. The highest BCUT2D eigenvalue weighted by molar-refractivity contribution is 6.06. The van der Waals surface area contributed by atoms with E-state index in [1.807, 2.05) is 24.3 Å². The average Bonchev–Trinajstić information content (AvgIpc) is 1.05. The van der Waals surface area contributed by atoms with E-state index < -0.39 is 0 Å². The van der Waals surface area contributed by atoms with Crippen LogP contribution in [-0.2, 0) is 41.7 Å². The minimum Gasteiger partial charge on any atom is -0.496 e. The van der Waals surface area contributed by atoms with Crippen molar-refractivity contribution in [3.8, 4) is 69.7 Å². The van der Waals surface area contributed by atoms with Crippen molar-refractivity contribution in [2.75, 3.05) is 56.9 Å². The maximum absolute atomic E-state index is 10.2. The molecule has 10 bridgehead atoms. The van der Waals surface area contributed by atoms with Crippen molar-refractivity contribution >= 4 is 54.7 Å². The molecular weight excluding hydrogens is 1200 g/mol. The number of hydrogen-bond acceptors (Lipinski definition) is 10. The zero-order chi connectivity index (χ0) is 68.5. The van der Waals surface area contributed by atoms with Crippen molar-refractivity contribution in [3.63, 3.8) is 0 Å². The smallest absolute Gasteiger partial charge is 0.129 e. The summed E-state index contributed by atoms with van der Waals surface area (Å²) in [4.78, 5) is 20.4. The molecule has 11 aromatic carbocycles. The Labute approximate surface area is 571 Å². The van der Waals surface area contributed by atoms with Crippen molar-refractivity contribution < 1.29 is 47.5 Å².